The maximum atomic E-state index is 5.19. The predicted octanol–water partition coefficient (Wildman–Crippen LogP) is 13.9. The first-order valence-electron chi connectivity index (χ1n) is 18.5. The van der Waals surface area contributed by atoms with Gasteiger partial charge >= 0.3 is 0 Å². The summed E-state index contributed by atoms with van der Waals surface area (Å²) in [6.45, 7) is 4.68. The van der Waals surface area contributed by atoms with Gasteiger partial charge < -0.3 is 4.90 Å². The fraction of sp³-hybridized carbons (Fsp3) is 0.0600. The van der Waals surface area contributed by atoms with Crippen molar-refractivity contribution in [3.05, 3.63) is 199 Å². The average Bonchev–Trinajstić information content (AvgIpc) is 3.93. The monoisotopic (exact) mass is 711 g/mol. The van der Waals surface area contributed by atoms with E-state index in [2.05, 4.69) is 211 Å². The standard InChI is InChI=1S/C50H37N3S/c1-50(2)43-18-10-9-17-41(43)42-30-29-40(33-44(42)50)52(37-15-7-4-8-16-37)38-27-23-36(24-28-38)49-51-45-19-11-12-20-46(45)53(49)39-25-21-35(22-26-39)48-32-31-47(54-48)34-13-5-3-6-14-34/h3-33H,1-2H3. The van der Waals surface area contributed by atoms with Gasteiger partial charge in [-0.1, -0.05) is 117 Å². The van der Waals surface area contributed by atoms with E-state index in [-0.39, 0.29) is 5.41 Å². The molecule has 2 aromatic heterocycles. The van der Waals surface area contributed by atoms with Gasteiger partial charge in [0.2, 0.25) is 0 Å². The molecule has 0 aliphatic heterocycles. The van der Waals surface area contributed by atoms with Crippen molar-refractivity contribution in [2.45, 2.75) is 19.3 Å². The Balaban J connectivity index is 1.02. The Labute approximate surface area is 320 Å². The van der Waals surface area contributed by atoms with E-state index in [0.717, 1.165) is 45.2 Å². The number of nitrogens with zero attached hydrogens (tertiary/aromatic N) is 3. The molecule has 258 valence electrons. The van der Waals surface area contributed by atoms with E-state index < -0.39 is 0 Å². The lowest BCUT2D eigenvalue weighted by molar-refractivity contribution is 0.660. The molecule has 0 spiro atoms. The third kappa shape index (κ3) is 5.38. The van der Waals surface area contributed by atoms with Crippen molar-refractivity contribution in [1.29, 1.82) is 0 Å². The number of fused-ring (bicyclic) bond motifs is 4. The van der Waals surface area contributed by atoms with Crippen molar-refractivity contribution in [2.75, 3.05) is 4.90 Å². The van der Waals surface area contributed by atoms with E-state index in [1.807, 2.05) is 11.3 Å². The predicted molar refractivity (Wildman–Crippen MR) is 228 cm³/mol. The van der Waals surface area contributed by atoms with Crippen LogP contribution in [0.4, 0.5) is 17.1 Å². The lowest BCUT2D eigenvalue weighted by Crippen LogP contribution is -2.16. The summed E-state index contributed by atoms with van der Waals surface area (Å²) in [5.74, 6) is 0.918. The molecule has 0 N–H and O–H groups in total. The number of para-hydroxylation sites is 3. The second kappa shape index (κ2) is 12.9. The molecule has 0 radical (unpaired) electrons. The zero-order chi connectivity index (χ0) is 36.2. The summed E-state index contributed by atoms with van der Waals surface area (Å²) >= 11 is 1.82. The van der Waals surface area contributed by atoms with E-state index in [9.17, 15) is 0 Å². The number of rotatable bonds is 7. The van der Waals surface area contributed by atoms with Gasteiger partial charge in [-0.3, -0.25) is 4.57 Å². The van der Waals surface area contributed by atoms with E-state index in [1.165, 1.54) is 43.1 Å². The van der Waals surface area contributed by atoms with E-state index in [4.69, 9.17) is 4.98 Å². The Kier molecular flexibility index (Phi) is 7.67. The third-order valence-corrected chi connectivity index (χ3v) is 12.0. The van der Waals surface area contributed by atoms with Gasteiger partial charge in [-0.2, -0.15) is 0 Å². The van der Waals surface area contributed by atoms with Crippen LogP contribution in [0.25, 0.3) is 60.1 Å². The minimum absolute atomic E-state index is 0.0830. The molecule has 9 aromatic rings. The Morgan fingerprint density at radius 3 is 1.81 bits per heavy atom. The van der Waals surface area contributed by atoms with Crippen molar-refractivity contribution < 1.29 is 0 Å². The quantitative estimate of drug-likeness (QED) is 0.164. The highest BCUT2D eigenvalue weighted by Crippen LogP contribution is 2.50. The van der Waals surface area contributed by atoms with Crippen LogP contribution in [0, 0.1) is 0 Å². The van der Waals surface area contributed by atoms with Crippen molar-refractivity contribution in [1.82, 2.24) is 9.55 Å². The number of anilines is 3. The topological polar surface area (TPSA) is 21.1 Å². The van der Waals surface area contributed by atoms with Crippen LogP contribution in [-0.4, -0.2) is 9.55 Å². The third-order valence-electron chi connectivity index (χ3n) is 10.9. The van der Waals surface area contributed by atoms with Gasteiger partial charge in [0.15, 0.2) is 0 Å². The van der Waals surface area contributed by atoms with Crippen molar-refractivity contribution in [2.24, 2.45) is 0 Å². The smallest absolute Gasteiger partial charge is 0.145 e. The maximum Gasteiger partial charge on any atom is 0.145 e. The molecule has 0 saturated carbocycles. The molecule has 0 amide bonds. The van der Waals surface area contributed by atoms with Gasteiger partial charge in [0.1, 0.15) is 5.82 Å². The zero-order valence-electron chi connectivity index (χ0n) is 30.1. The Morgan fingerprint density at radius 2 is 1.06 bits per heavy atom. The molecule has 4 heteroatoms. The zero-order valence-corrected chi connectivity index (χ0v) is 31.0. The Morgan fingerprint density at radius 1 is 0.481 bits per heavy atom. The van der Waals surface area contributed by atoms with Crippen LogP contribution in [-0.2, 0) is 5.41 Å². The van der Waals surface area contributed by atoms with Gasteiger partial charge in [-0.05, 0) is 118 Å². The summed E-state index contributed by atoms with van der Waals surface area (Å²) in [6.07, 6.45) is 0. The highest BCUT2D eigenvalue weighted by Gasteiger charge is 2.35. The van der Waals surface area contributed by atoms with Crippen LogP contribution in [0.2, 0.25) is 0 Å². The first-order valence-corrected chi connectivity index (χ1v) is 19.3. The Hall–Kier alpha value is -6.49. The number of hydrogen-bond donors (Lipinski definition) is 0. The molecule has 0 unspecified atom stereocenters. The van der Waals surface area contributed by atoms with Crippen LogP contribution in [0.1, 0.15) is 25.0 Å². The van der Waals surface area contributed by atoms with Crippen molar-refractivity contribution in [3.63, 3.8) is 0 Å². The van der Waals surface area contributed by atoms with Crippen LogP contribution in [0.3, 0.4) is 0 Å². The number of thiophene rings is 1. The molecular formula is C50H37N3S. The maximum absolute atomic E-state index is 5.19. The summed E-state index contributed by atoms with van der Waals surface area (Å²) in [4.78, 5) is 10.1. The molecule has 2 heterocycles. The Bertz CT molecular complexity index is 2780. The summed E-state index contributed by atoms with van der Waals surface area (Å²) < 4.78 is 2.28. The number of hydrogen-bond acceptors (Lipinski definition) is 3. The normalized spacial score (nSPS) is 12.8. The minimum atomic E-state index is -0.0830. The van der Waals surface area contributed by atoms with Gasteiger partial charge in [-0.15, -0.1) is 11.3 Å². The summed E-state index contributed by atoms with van der Waals surface area (Å²) in [6, 6.07) is 67.6. The van der Waals surface area contributed by atoms with E-state index >= 15 is 0 Å². The van der Waals surface area contributed by atoms with Gasteiger partial charge in [-0.25, -0.2) is 4.98 Å². The molecule has 7 aromatic carbocycles. The van der Waals surface area contributed by atoms with Gasteiger partial charge in [0, 0.05) is 43.5 Å². The summed E-state index contributed by atoms with van der Waals surface area (Å²) in [5.41, 5.74) is 15.3. The SMILES string of the molecule is CC1(C)c2ccccc2-c2ccc(N(c3ccccc3)c3ccc(-c4nc5ccccc5n4-c4ccc(-c5ccc(-c6ccccc6)s5)cc4)cc3)cc21. The molecule has 54 heavy (non-hydrogen) atoms. The average molecular weight is 712 g/mol. The summed E-state index contributed by atoms with van der Waals surface area (Å²) in [5, 5.41) is 0. The number of aromatic nitrogens is 2. The van der Waals surface area contributed by atoms with Crippen LogP contribution < -0.4 is 4.90 Å². The summed E-state index contributed by atoms with van der Waals surface area (Å²) in [7, 11) is 0. The van der Waals surface area contributed by atoms with Gasteiger partial charge in [0.05, 0.1) is 11.0 Å². The van der Waals surface area contributed by atoms with E-state index in [1.54, 1.807) is 0 Å². The molecule has 0 fully saturated rings. The van der Waals surface area contributed by atoms with Crippen LogP contribution in [0.5, 0.6) is 0 Å². The molecule has 0 atom stereocenters. The molecule has 0 bridgehead atoms. The minimum Gasteiger partial charge on any atom is -0.310 e. The number of imidazole rings is 1. The first-order chi connectivity index (χ1) is 26.5. The lowest BCUT2D eigenvalue weighted by Gasteiger charge is -2.28. The highest BCUT2D eigenvalue weighted by atomic mass is 32.1. The molecule has 1 aliphatic rings. The first kappa shape index (κ1) is 32.2. The molecule has 1 aliphatic carbocycles. The largest absolute Gasteiger partial charge is 0.310 e. The molecule has 3 nitrogen and oxygen atoms in total. The van der Waals surface area contributed by atoms with Crippen LogP contribution >= 0.6 is 11.3 Å². The van der Waals surface area contributed by atoms with Crippen LogP contribution in [0.15, 0.2) is 188 Å². The van der Waals surface area contributed by atoms with Crippen molar-refractivity contribution >= 4 is 39.4 Å². The number of benzene rings is 7. The molecule has 10 rings (SSSR count). The van der Waals surface area contributed by atoms with E-state index in [0.29, 0.717) is 0 Å². The fourth-order valence-electron chi connectivity index (χ4n) is 8.12. The second-order valence-electron chi connectivity index (χ2n) is 14.5. The molecular weight excluding hydrogens is 675 g/mol. The fourth-order valence-corrected chi connectivity index (χ4v) is 9.14. The van der Waals surface area contributed by atoms with Gasteiger partial charge in [0.25, 0.3) is 0 Å². The second-order valence-corrected chi connectivity index (χ2v) is 15.5. The van der Waals surface area contributed by atoms with Crippen molar-refractivity contribution in [3.8, 4) is 49.1 Å². The molecule has 0 saturated heterocycles. The lowest BCUT2D eigenvalue weighted by atomic mass is 9.82. The highest BCUT2D eigenvalue weighted by molar-refractivity contribution is 7.18.